The highest BCUT2D eigenvalue weighted by atomic mass is 16.5. The molecule has 17 heavy (non-hydrogen) atoms. The van der Waals surface area contributed by atoms with Crippen LogP contribution >= 0.6 is 0 Å². The molecule has 0 aliphatic heterocycles. The molecule has 0 aliphatic rings. The number of hydrogen-bond acceptors (Lipinski definition) is 4. The van der Waals surface area contributed by atoms with Gasteiger partial charge in [-0.05, 0) is 38.1 Å². The number of likely N-dealkylation sites (N-methyl/N-ethyl adjacent to an activating group) is 1. The van der Waals surface area contributed by atoms with Gasteiger partial charge in [0.05, 0.1) is 6.61 Å². The summed E-state index contributed by atoms with van der Waals surface area (Å²) in [5.74, 6) is 0. The van der Waals surface area contributed by atoms with Crippen molar-refractivity contribution in [3.8, 4) is 0 Å². The molecule has 0 amide bonds. The molecule has 0 aromatic carbocycles. The number of aromatic nitrogens is 1. The largest absolute Gasteiger partial charge is 0.383 e. The van der Waals surface area contributed by atoms with Crippen molar-refractivity contribution < 1.29 is 4.74 Å². The van der Waals surface area contributed by atoms with Gasteiger partial charge in [-0.2, -0.15) is 0 Å². The minimum absolute atomic E-state index is 0.189. The van der Waals surface area contributed by atoms with Gasteiger partial charge in [-0.25, -0.2) is 0 Å². The monoisotopic (exact) mass is 237 g/mol. The van der Waals surface area contributed by atoms with E-state index in [9.17, 15) is 0 Å². The van der Waals surface area contributed by atoms with Crippen LogP contribution in [0.15, 0.2) is 18.5 Å². The second-order valence-electron chi connectivity index (χ2n) is 4.45. The summed E-state index contributed by atoms with van der Waals surface area (Å²) >= 11 is 0. The van der Waals surface area contributed by atoms with Crippen LogP contribution in [0.3, 0.4) is 0 Å². The van der Waals surface area contributed by atoms with E-state index in [4.69, 9.17) is 10.5 Å². The third kappa shape index (κ3) is 3.49. The second-order valence-corrected chi connectivity index (χ2v) is 4.45. The van der Waals surface area contributed by atoms with Crippen LogP contribution in [-0.2, 0) is 4.74 Å². The van der Waals surface area contributed by atoms with Gasteiger partial charge in [0.15, 0.2) is 0 Å². The molecular weight excluding hydrogens is 214 g/mol. The van der Waals surface area contributed by atoms with Gasteiger partial charge >= 0.3 is 0 Å². The SMILES string of the molecule is COCC(C)N(C)C(CN)c1cnccc1C. The zero-order valence-electron chi connectivity index (χ0n) is 11.2. The maximum Gasteiger partial charge on any atom is 0.0615 e. The summed E-state index contributed by atoms with van der Waals surface area (Å²) in [4.78, 5) is 6.43. The fourth-order valence-corrected chi connectivity index (χ4v) is 2.00. The number of ether oxygens (including phenoxy) is 1. The topological polar surface area (TPSA) is 51.4 Å². The van der Waals surface area contributed by atoms with E-state index < -0.39 is 0 Å². The van der Waals surface area contributed by atoms with E-state index in [2.05, 4.69) is 30.8 Å². The Balaban J connectivity index is 2.88. The Morgan fingerprint density at radius 2 is 2.24 bits per heavy atom. The molecule has 1 rings (SSSR count). The lowest BCUT2D eigenvalue weighted by atomic mass is 10.0. The van der Waals surface area contributed by atoms with E-state index in [0.29, 0.717) is 19.2 Å². The average Bonchev–Trinajstić information content (AvgIpc) is 2.32. The molecule has 4 heteroatoms. The van der Waals surface area contributed by atoms with E-state index in [1.54, 1.807) is 7.11 Å². The Labute approximate surface area is 104 Å². The molecule has 1 aromatic heterocycles. The van der Waals surface area contributed by atoms with Crippen LogP contribution in [0.1, 0.15) is 24.1 Å². The van der Waals surface area contributed by atoms with Crippen molar-refractivity contribution in [2.24, 2.45) is 5.73 Å². The molecule has 0 spiro atoms. The lowest BCUT2D eigenvalue weighted by Crippen LogP contribution is -2.39. The van der Waals surface area contributed by atoms with Crippen molar-refractivity contribution in [1.82, 2.24) is 9.88 Å². The molecule has 0 saturated carbocycles. The standard InChI is InChI=1S/C13H23N3O/c1-10-5-6-15-8-12(10)13(7-14)16(3)11(2)9-17-4/h5-6,8,11,13H,7,9,14H2,1-4H3. The van der Waals surface area contributed by atoms with Gasteiger partial charge in [0.2, 0.25) is 0 Å². The number of rotatable bonds is 6. The molecule has 0 saturated heterocycles. The fourth-order valence-electron chi connectivity index (χ4n) is 2.00. The Bertz CT molecular complexity index is 343. The summed E-state index contributed by atoms with van der Waals surface area (Å²) in [7, 11) is 3.80. The molecule has 4 nitrogen and oxygen atoms in total. The average molecular weight is 237 g/mol. The summed E-state index contributed by atoms with van der Waals surface area (Å²) in [5, 5.41) is 0. The van der Waals surface area contributed by atoms with E-state index >= 15 is 0 Å². The van der Waals surface area contributed by atoms with Crippen LogP contribution in [0.5, 0.6) is 0 Å². The van der Waals surface area contributed by atoms with E-state index in [0.717, 1.165) is 0 Å². The van der Waals surface area contributed by atoms with Gasteiger partial charge in [-0.3, -0.25) is 9.88 Å². The molecule has 1 heterocycles. The molecule has 0 fully saturated rings. The normalized spacial score (nSPS) is 14.9. The van der Waals surface area contributed by atoms with E-state index in [1.807, 2.05) is 18.5 Å². The van der Waals surface area contributed by atoms with Crippen LogP contribution in [0, 0.1) is 6.92 Å². The predicted octanol–water partition coefficient (Wildman–Crippen LogP) is 1.36. The first-order valence-corrected chi connectivity index (χ1v) is 5.93. The van der Waals surface area contributed by atoms with Crippen LogP contribution in [0.4, 0.5) is 0 Å². The highest BCUT2D eigenvalue weighted by Gasteiger charge is 2.21. The first-order valence-electron chi connectivity index (χ1n) is 5.93. The van der Waals surface area contributed by atoms with Gasteiger partial charge in [-0.1, -0.05) is 0 Å². The Hall–Kier alpha value is -0.970. The summed E-state index contributed by atoms with van der Waals surface area (Å²) < 4.78 is 5.19. The highest BCUT2D eigenvalue weighted by Crippen LogP contribution is 2.22. The number of methoxy groups -OCH3 is 1. The molecular formula is C13H23N3O. The second kappa shape index (κ2) is 6.69. The minimum Gasteiger partial charge on any atom is -0.383 e. The minimum atomic E-state index is 0.189. The fraction of sp³-hybridized carbons (Fsp3) is 0.615. The number of hydrogen-bond donors (Lipinski definition) is 1. The van der Waals surface area contributed by atoms with Gasteiger partial charge in [0, 0.05) is 38.1 Å². The van der Waals surface area contributed by atoms with E-state index in [-0.39, 0.29) is 6.04 Å². The third-order valence-corrected chi connectivity index (χ3v) is 3.26. The Kier molecular flexibility index (Phi) is 5.55. The van der Waals surface area contributed by atoms with Crippen molar-refractivity contribution in [1.29, 1.82) is 0 Å². The van der Waals surface area contributed by atoms with Crippen LogP contribution in [0.25, 0.3) is 0 Å². The first kappa shape index (κ1) is 14.1. The first-order chi connectivity index (χ1) is 8.11. The molecule has 1 aromatic rings. The lowest BCUT2D eigenvalue weighted by Gasteiger charge is -2.33. The zero-order valence-corrected chi connectivity index (χ0v) is 11.2. The molecule has 0 bridgehead atoms. The van der Waals surface area contributed by atoms with Crippen molar-refractivity contribution in [2.45, 2.75) is 25.9 Å². The van der Waals surface area contributed by atoms with Gasteiger partial charge in [0.1, 0.15) is 0 Å². The van der Waals surface area contributed by atoms with Gasteiger partial charge in [-0.15, -0.1) is 0 Å². The van der Waals surface area contributed by atoms with Crippen molar-refractivity contribution in [3.05, 3.63) is 29.6 Å². The molecule has 2 unspecified atom stereocenters. The van der Waals surface area contributed by atoms with Crippen LogP contribution in [-0.4, -0.2) is 43.2 Å². The number of aryl methyl sites for hydroxylation is 1. The summed E-state index contributed by atoms with van der Waals surface area (Å²) in [6, 6.07) is 2.54. The van der Waals surface area contributed by atoms with Crippen molar-refractivity contribution in [3.63, 3.8) is 0 Å². The van der Waals surface area contributed by atoms with E-state index in [1.165, 1.54) is 11.1 Å². The summed E-state index contributed by atoms with van der Waals surface area (Å²) in [6.07, 6.45) is 3.72. The quantitative estimate of drug-likeness (QED) is 0.811. The smallest absolute Gasteiger partial charge is 0.0615 e. The molecule has 0 aliphatic carbocycles. The Morgan fingerprint density at radius 1 is 1.53 bits per heavy atom. The van der Waals surface area contributed by atoms with Crippen LogP contribution < -0.4 is 5.73 Å². The van der Waals surface area contributed by atoms with Gasteiger partial charge < -0.3 is 10.5 Å². The summed E-state index contributed by atoms with van der Waals surface area (Å²) in [5.41, 5.74) is 8.32. The number of pyridine rings is 1. The molecule has 2 atom stereocenters. The summed E-state index contributed by atoms with van der Waals surface area (Å²) in [6.45, 7) is 5.51. The molecule has 0 radical (unpaired) electrons. The van der Waals surface area contributed by atoms with Gasteiger partial charge in [0.25, 0.3) is 0 Å². The van der Waals surface area contributed by atoms with Crippen LogP contribution in [0.2, 0.25) is 0 Å². The maximum atomic E-state index is 5.90. The third-order valence-electron chi connectivity index (χ3n) is 3.26. The number of nitrogens with zero attached hydrogens (tertiary/aromatic N) is 2. The maximum absolute atomic E-state index is 5.90. The zero-order chi connectivity index (χ0) is 12.8. The number of nitrogens with two attached hydrogens (primary N) is 1. The molecule has 96 valence electrons. The van der Waals surface area contributed by atoms with Crippen molar-refractivity contribution >= 4 is 0 Å². The van der Waals surface area contributed by atoms with Crippen molar-refractivity contribution in [2.75, 3.05) is 27.3 Å². The highest BCUT2D eigenvalue weighted by molar-refractivity contribution is 5.25. The molecule has 2 N–H and O–H groups in total. The predicted molar refractivity (Wildman–Crippen MR) is 69.9 cm³/mol. The Morgan fingerprint density at radius 3 is 2.76 bits per heavy atom. The lowest BCUT2D eigenvalue weighted by molar-refractivity contribution is 0.0908.